The number of hydrogen-bond acceptors (Lipinski definition) is 6. The van der Waals surface area contributed by atoms with Crippen LogP contribution in [-0.2, 0) is 23.8 Å². The first-order valence-corrected chi connectivity index (χ1v) is 12.1. The molecule has 0 aromatic rings. The molecule has 0 aromatic heterocycles. The molecule has 5 fully saturated rings. The fraction of sp³-hybridized carbons (Fsp3) is 0.840. The lowest BCUT2D eigenvalue weighted by Gasteiger charge is -2.62. The second-order valence-electron chi connectivity index (χ2n) is 11.6. The highest BCUT2D eigenvalue weighted by Gasteiger charge is 2.84. The lowest BCUT2D eigenvalue weighted by Crippen LogP contribution is -2.68. The first-order chi connectivity index (χ1) is 14.6. The van der Waals surface area contributed by atoms with Crippen molar-refractivity contribution in [1.82, 2.24) is 0 Å². The summed E-state index contributed by atoms with van der Waals surface area (Å²) in [6.07, 6.45) is 9.12. The van der Waals surface area contributed by atoms with Crippen LogP contribution in [-0.4, -0.2) is 47.1 Å². The Balaban J connectivity index is 1.32. The smallest absolute Gasteiger partial charge is 0.331 e. The Morgan fingerprint density at radius 1 is 1.16 bits per heavy atom. The van der Waals surface area contributed by atoms with Gasteiger partial charge in [-0.25, -0.2) is 4.79 Å². The van der Waals surface area contributed by atoms with E-state index in [-0.39, 0.29) is 40.9 Å². The summed E-state index contributed by atoms with van der Waals surface area (Å²) in [7, 11) is 0. The van der Waals surface area contributed by atoms with E-state index in [9.17, 15) is 14.7 Å². The van der Waals surface area contributed by atoms with Crippen molar-refractivity contribution < 1.29 is 28.9 Å². The standard InChI is InChI=1S/C25H34O6/c1-14(26)30-17-4-7-22(2)16(11-17)12-20-25(31-20)19(22)6-8-23(3)18(5-9-24(23,25)28)15-10-21(27)29-13-15/h10,16-20,28H,4-9,11-13H2,1-3H3/t16-,17-,18+,19+,20-,22-,23+,24+,25+/m0/s1. The molecule has 0 aromatic carbocycles. The maximum atomic E-state index is 12.4. The average molecular weight is 431 g/mol. The van der Waals surface area contributed by atoms with Gasteiger partial charge in [0.1, 0.15) is 23.9 Å². The highest BCUT2D eigenvalue weighted by Crippen LogP contribution is 2.77. The van der Waals surface area contributed by atoms with Crippen molar-refractivity contribution in [2.24, 2.45) is 28.6 Å². The van der Waals surface area contributed by atoms with Crippen LogP contribution in [0.3, 0.4) is 0 Å². The molecule has 0 amide bonds. The van der Waals surface area contributed by atoms with Gasteiger partial charge >= 0.3 is 11.9 Å². The van der Waals surface area contributed by atoms with Gasteiger partial charge in [-0.2, -0.15) is 0 Å². The summed E-state index contributed by atoms with van der Waals surface area (Å²) >= 11 is 0. The van der Waals surface area contributed by atoms with Crippen molar-refractivity contribution in [2.45, 2.75) is 95.5 Å². The first-order valence-electron chi connectivity index (χ1n) is 12.1. The summed E-state index contributed by atoms with van der Waals surface area (Å²) in [6.45, 7) is 6.49. The number of epoxide rings is 1. The molecule has 0 bridgehead atoms. The number of hydrogen-bond donors (Lipinski definition) is 1. The van der Waals surface area contributed by atoms with Crippen LogP contribution in [0.25, 0.3) is 0 Å². The highest BCUT2D eigenvalue weighted by molar-refractivity contribution is 5.85. The summed E-state index contributed by atoms with van der Waals surface area (Å²) in [6, 6.07) is 0. The van der Waals surface area contributed by atoms with E-state index >= 15 is 0 Å². The lowest BCUT2D eigenvalue weighted by atomic mass is 9.43. The van der Waals surface area contributed by atoms with E-state index < -0.39 is 11.2 Å². The number of carbonyl (C=O) groups is 2. The summed E-state index contributed by atoms with van der Waals surface area (Å²) in [5, 5.41) is 12.4. The molecule has 6 nitrogen and oxygen atoms in total. The van der Waals surface area contributed by atoms with Gasteiger partial charge in [-0.1, -0.05) is 13.8 Å². The lowest BCUT2D eigenvalue weighted by molar-refractivity contribution is -0.205. The van der Waals surface area contributed by atoms with Crippen LogP contribution in [0.15, 0.2) is 11.6 Å². The van der Waals surface area contributed by atoms with Gasteiger partial charge in [-0.3, -0.25) is 4.79 Å². The Morgan fingerprint density at radius 2 is 1.97 bits per heavy atom. The Hall–Kier alpha value is -1.40. The largest absolute Gasteiger partial charge is 0.463 e. The molecule has 170 valence electrons. The Bertz CT molecular complexity index is 881. The molecule has 4 saturated carbocycles. The van der Waals surface area contributed by atoms with E-state index in [1.807, 2.05) is 0 Å². The molecule has 2 heterocycles. The molecule has 1 saturated heterocycles. The van der Waals surface area contributed by atoms with E-state index in [4.69, 9.17) is 14.2 Å². The van der Waals surface area contributed by atoms with E-state index in [1.54, 1.807) is 6.08 Å². The zero-order valence-electron chi connectivity index (χ0n) is 18.8. The van der Waals surface area contributed by atoms with Gasteiger partial charge in [-0.15, -0.1) is 0 Å². The normalized spacial score (nSPS) is 54.6. The molecular weight excluding hydrogens is 396 g/mol. The number of carbonyl (C=O) groups excluding carboxylic acids is 2. The van der Waals surface area contributed by atoms with Crippen molar-refractivity contribution in [3.8, 4) is 0 Å². The highest BCUT2D eigenvalue weighted by atomic mass is 16.6. The Morgan fingerprint density at radius 3 is 2.68 bits per heavy atom. The van der Waals surface area contributed by atoms with Crippen LogP contribution in [0.4, 0.5) is 0 Å². The van der Waals surface area contributed by atoms with Gasteiger partial charge in [0, 0.05) is 18.4 Å². The van der Waals surface area contributed by atoms with Crippen LogP contribution in [0.1, 0.15) is 72.1 Å². The Kier molecular flexibility index (Phi) is 4.00. The number of esters is 2. The van der Waals surface area contributed by atoms with Gasteiger partial charge in [-0.05, 0) is 80.1 Å². The molecular formula is C25H34O6. The van der Waals surface area contributed by atoms with Crippen molar-refractivity contribution in [1.29, 1.82) is 0 Å². The third kappa shape index (κ3) is 2.36. The minimum atomic E-state index is -0.870. The second kappa shape index (κ2) is 6.13. The van der Waals surface area contributed by atoms with Crippen LogP contribution < -0.4 is 0 Å². The summed E-state index contributed by atoms with van der Waals surface area (Å²) < 4.78 is 17.4. The molecule has 1 N–H and O–H groups in total. The predicted octanol–water partition coefficient (Wildman–Crippen LogP) is 3.31. The molecule has 1 spiro atoms. The molecule has 0 radical (unpaired) electrons. The van der Waals surface area contributed by atoms with Crippen molar-refractivity contribution in [3.63, 3.8) is 0 Å². The molecule has 31 heavy (non-hydrogen) atoms. The second-order valence-corrected chi connectivity index (χ2v) is 11.6. The van der Waals surface area contributed by atoms with Gasteiger partial charge in [0.25, 0.3) is 0 Å². The zero-order chi connectivity index (χ0) is 21.8. The minimum absolute atomic E-state index is 0.0152. The molecule has 6 aliphatic rings. The molecule has 9 atom stereocenters. The average Bonchev–Trinajstić information content (AvgIpc) is 3.14. The van der Waals surface area contributed by atoms with Crippen molar-refractivity contribution in [2.75, 3.05) is 6.61 Å². The fourth-order valence-electron chi connectivity index (χ4n) is 9.12. The van der Waals surface area contributed by atoms with Crippen LogP contribution >= 0.6 is 0 Å². The number of aliphatic hydroxyl groups is 1. The first kappa shape index (κ1) is 20.2. The van der Waals surface area contributed by atoms with Crippen LogP contribution in [0.2, 0.25) is 0 Å². The third-order valence-electron chi connectivity index (χ3n) is 10.6. The van der Waals surface area contributed by atoms with E-state index in [2.05, 4.69) is 13.8 Å². The molecule has 4 aliphatic carbocycles. The number of fused-ring (bicyclic) bond motifs is 3. The predicted molar refractivity (Wildman–Crippen MR) is 111 cm³/mol. The van der Waals surface area contributed by atoms with Gasteiger partial charge in [0.05, 0.1) is 6.10 Å². The fourth-order valence-corrected chi connectivity index (χ4v) is 9.12. The SMILES string of the molecule is CC(=O)O[C@H]1CC[C@@]2(C)[C@@H](C1)C[C@@H]1O[C@]13[C@@H]2CC[C@]1(C)[C@@H](C2=CC(=O)OC2)CC[C@]31O. The summed E-state index contributed by atoms with van der Waals surface area (Å²) in [4.78, 5) is 23.2. The number of cyclic esters (lactones) is 1. The number of rotatable bonds is 2. The number of ether oxygens (including phenoxy) is 3. The van der Waals surface area contributed by atoms with Crippen molar-refractivity contribution >= 4 is 11.9 Å². The van der Waals surface area contributed by atoms with Gasteiger partial charge < -0.3 is 19.3 Å². The van der Waals surface area contributed by atoms with Crippen LogP contribution in [0.5, 0.6) is 0 Å². The zero-order valence-corrected chi connectivity index (χ0v) is 18.8. The van der Waals surface area contributed by atoms with E-state index in [1.165, 1.54) is 6.92 Å². The molecule has 6 rings (SSSR count). The van der Waals surface area contributed by atoms with Crippen molar-refractivity contribution in [3.05, 3.63) is 11.6 Å². The monoisotopic (exact) mass is 430 g/mol. The summed E-state index contributed by atoms with van der Waals surface area (Å²) in [5.41, 5.74) is -0.470. The van der Waals surface area contributed by atoms with E-state index in [0.717, 1.165) is 56.9 Å². The van der Waals surface area contributed by atoms with Crippen LogP contribution in [0, 0.1) is 28.6 Å². The van der Waals surface area contributed by atoms with E-state index in [0.29, 0.717) is 18.4 Å². The quantitative estimate of drug-likeness (QED) is 0.534. The third-order valence-corrected chi connectivity index (χ3v) is 10.6. The summed E-state index contributed by atoms with van der Waals surface area (Å²) in [5.74, 6) is 0.525. The minimum Gasteiger partial charge on any atom is -0.463 e. The maximum absolute atomic E-state index is 12.4. The van der Waals surface area contributed by atoms with Gasteiger partial charge in [0.2, 0.25) is 0 Å². The van der Waals surface area contributed by atoms with Gasteiger partial charge in [0.15, 0.2) is 0 Å². The maximum Gasteiger partial charge on any atom is 0.331 e. The molecule has 6 heteroatoms. The molecule has 2 aliphatic heterocycles. The molecule has 0 unspecified atom stereocenters. The Labute approximate surface area is 183 Å². The topological polar surface area (TPSA) is 85.4 Å².